The number of sulfonamides is 1. The monoisotopic (exact) mass is 433 g/mol. The van der Waals surface area contributed by atoms with Crippen LogP contribution < -0.4 is 5.32 Å². The van der Waals surface area contributed by atoms with Gasteiger partial charge in [-0.05, 0) is 81.8 Å². The number of nitrogens with zero attached hydrogens (tertiary/aromatic N) is 2. The molecule has 1 N–H and O–H groups in total. The summed E-state index contributed by atoms with van der Waals surface area (Å²) in [6, 6.07) is 7.20. The summed E-state index contributed by atoms with van der Waals surface area (Å²) in [6.45, 7) is 4.17. The third-order valence-corrected chi connectivity index (χ3v) is 9.02. The van der Waals surface area contributed by atoms with Crippen LogP contribution in [0.5, 0.6) is 0 Å². The number of amides is 1. The number of nitrogens with one attached hydrogen (secondary N) is 1. The van der Waals surface area contributed by atoms with E-state index in [-0.39, 0.29) is 10.8 Å². The smallest absolute Gasteiger partial charge is 0.251 e. The van der Waals surface area contributed by atoms with Crippen LogP contribution in [0.1, 0.15) is 68.1 Å². The standard InChI is InChI=1S/C23H35N3O3S/c27-23(24-18-19-12-16-25(17-13-19)21-6-2-3-7-21)20-8-10-22(11-9-20)30(28,29)26-14-4-1-5-15-26/h8-11,19,21H,1-7,12-18H2,(H,24,27). The second-order valence-corrected chi connectivity index (χ2v) is 11.1. The Morgan fingerprint density at radius 3 is 2.13 bits per heavy atom. The predicted octanol–water partition coefficient (Wildman–Crippen LogP) is 3.25. The number of likely N-dealkylation sites (tertiary alicyclic amines) is 1. The van der Waals surface area contributed by atoms with Crippen molar-refractivity contribution in [2.75, 3.05) is 32.7 Å². The van der Waals surface area contributed by atoms with Gasteiger partial charge in [-0.15, -0.1) is 0 Å². The van der Waals surface area contributed by atoms with Crippen molar-refractivity contribution in [2.45, 2.75) is 68.7 Å². The Morgan fingerprint density at radius 2 is 1.50 bits per heavy atom. The summed E-state index contributed by atoms with van der Waals surface area (Å²) in [6.07, 6.45) is 10.7. The molecule has 1 amide bonds. The largest absolute Gasteiger partial charge is 0.352 e. The van der Waals surface area contributed by atoms with E-state index in [0.717, 1.165) is 51.2 Å². The van der Waals surface area contributed by atoms with Gasteiger partial charge < -0.3 is 10.2 Å². The van der Waals surface area contributed by atoms with E-state index in [2.05, 4.69) is 10.2 Å². The van der Waals surface area contributed by atoms with Gasteiger partial charge >= 0.3 is 0 Å². The number of benzene rings is 1. The number of carbonyl (C=O) groups is 1. The first-order valence-electron chi connectivity index (χ1n) is 11.7. The Bertz CT molecular complexity index is 805. The summed E-state index contributed by atoms with van der Waals surface area (Å²) in [5.74, 6) is 0.417. The lowest BCUT2D eigenvalue weighted by Crippen LogP contribution is -2.42. The van der Waals surface area contributed by atoms with Crippen molar-refractivity contribution in [3.05, 3.63) is 29.8 Å². The van der Waals surface area contributed by atoms with Gasteiger partial charge in [-0.1, -0.05) is 19.3 Å². The van der Waals surface area contributed by atoms with Gasteiger partial charge in [0.1, 0.15) is 0 Å². The molecule has 0 radical (unpaired) electrons. The first kappa shape index (κ1) is 21.8. The zero-order valence-corrected chi connectivity index (χ0v) is 18.7. The van der Waals surface area contributed by atoms with Gasteiger partial charge in [0.2, 0.25) is 10.0 Å². The van der Waals surface area contributed by atoms with Crippen LogP contribution in [-0.4, -0.2) is 62.3 Å². The lowest BCUT2D eigenvalue weighted by Gasteiger charge is -2.36. The third-order valence-electron chi connectivity index (χ3n) is 7.11. The molecule has 6 nitrogen and oxygen atoms in total. The first-order valence-corrected chi connectivity index (χ1v) is 13.1. The molecule has 4 rings (SSSR count). The topological polar surface area (TPSA) is 69.7 Å². The van der Waals surface area contributed by atoms with Gasteiger partial charge in [0.25, 0.3) is 5.91 Å². The minimum atomic E-state index is -3.45. The fourth-order valence-corrected chi connectivity index (χ4v) is 6.68. The van der Waals surface area contributed by atoms with Crippen molar-refractivity contribution < 1.29 is 13.2 Å². The van der Waals surface area contributed by atoms with Crippen molar-refractivity contribution in [1.29, 1.82) is 0 Å². The Labute approximate surface area is 181 Å². The summed E-state index contributed by atoms with van der Waals surface area (Å²) in [5, 5.41) is 3.06. The quantitative estimate of drug-likeness (QED) is 0.748. The van der Waals surface area contributed by atoms with Gasteiger partial charge in [0.15, 0.2) is 0 Å². The fourth-order valence-electron chi connectivity index (χ4n) is 5.16. The highest BCUT2D eigenvalue weighted by Gasteiger charge is 2.28. The lowest BCUT2D eigenvalue weighted by molar-refractivity contribution is 0.0924. The van der Waals surface area contributed by atoms with Crippen LogP contribution in [0, 0.1) is 5.92 Å². The summed E-state index contributed by atoms with van der Waals surface area (Å²) < 4.78 is 27.0. The van der Waals surface area contributed by atoms with Crippen molar-refractivity contribution in [1.82, 2.24) is 14.5 Å². The summed E-state index contributed by atoms with van der Waals surface area (Å²) in [7, 11) is -3.45. The molecule has 2 saturated heterocycles. The van der Waals surface area contributed by atoms with E-state index in [1.165, 1.54) is 25.7 Å². The Kier molecular flexibility index (Phi) is 7.11. The Hall–Kier alpha value is -1.44. The molecule has 1 aromatic carbocycles. The van der Waals surface area contributed by atoms with E-state index in [4.69, 9.17) is 0 Å². The van der Waals surface area contributed by atoms with Crippen molar-refractivity contribution in [2.24, 2.45) is 5.92 Å². The minimum Gasteiger partial charge on any atom is -0.352 e. The SMILES string of the molecule is O=C(NCC1CCN(C2CCCC2)CC1)c1ccc(S(=O)(=O)N2CCCCC2)cc1. The van der Waals surface area contributed by atoms with Gasteiger partial charge in [0, 0.05) is 31.2 Å². The Balaban J connectivity index is 1.26. The first-order chi connectivity index (χ1) is 14.5. The number of piperidine rings is 2. The predicted molar refractivity (Wildman–Crippen MR) is 118 cm³/mol. The van der Waals surface area contributed by atoms with Crippen molar-refractivity contribution >= 4 is 15.9 Å². The van der Waals surface area contributed by atoms with E-state index in [1.54, 1.807) is 28.6 Å². The highest BCUT2D eigenvalue weighted by molar-refractivity contribution is 7.89. The van der Waals surface area contributed by atoms with E-state index >= 15 is 0 Å². The molecule has 1 aromatic rings. The number of hydrogen-bond donors (Lipinski definition) is 1. The molecule has 30 heavy (non-hydrogen) atoms. The average Bonchev–Trinajstić information content (AvgIpc) is 3.33. The zero-order chi connectivity index (χ0) is 21.0. The second-order valence-electron chi connectivity index (χ2n) is 9.12. The maximum Gasteiger partial charge on any atom is 0.251 e. The lowest BCUT2D eigenvalue weighted by atomic mass is 9.95. The molecular formula is C23H35N3O3S. The van der Waals surface area contributed by atoms with Gasteiger partial charge in [0.05, 0.1) is 4.90 Å². The number of carbonyl (C=O) groups excluding carboxylic acids is 1. The molecule has 3 fully saturated rings. The van der Waals surface area contributed by atoms with Crippen LogP contribution in [0.2, 0.25) is 0 Å². The summed E-state index contributed by atoms with van der Waals surface area (Å²) >= 11 is 0. The summed E-state index contributed by atoms with van der Waals surface area (Å²) in [5.41, 5.74) is 0.524. The van der Waals surface area contributed by atoms with E-state index in [0.29, 0.717) is 31.1 Å². The molecule has 1 aliphatic carbocycles. The van der Waals surface area contributed by atoms with Crippen LogP contribution >= 0.6 is 0 Å². The average molecular weight is 434 g/mol. The molecule has 166 valence electrons. The molecule has 2 heterocycles. The highest BCUT2D eigenvalue weighted by atomic mass is 32.2. The second kappa shape index (κ2) is 9.79. The number of rotatable bonds is 6. The fraction of sp³-hybridized carbons (Fsp3) is 0.696. The van der Waals surface area contributed by atoms with Crippen molar-refractivity contribution in [3.8, 4) is 0 Å². The maximum atomic E-state index is 12.7. The molecular weight excluding hydrogens is 398 g/mol. The molecule has 0 aromatic heterocycles. The van der Waals surface area contributed by atoms with Gasteiger partial charge in [-0.3, -0.25) is 4.79 Å². The van der Waals surface area contributed by atoms with Crippen LogP contribution in [0.3, 0.4) is 0 Å². The van der Waals surface area contributed by atoms with Crippen LogP contribution in [-0.2, 0) is 10.0 Å². The van der Waals surface area contributed by atoms with Crippen LogP contribution in [0.25, 0.3) is 0 Å². The third kappa shape index (κ3) is 5.06. The van der Waals surface area contributed by atoms with Gasteiger partial charge in [-0.25, -0.2) is 8.42 Å². The Morgan fingerprint density at radius 1 is 0.867 bits per heavy atom. The molecule has 7 heteroatoms. The highest BCUT2D eigenvalue weighted by Crippen LogP contribution is 2.27. The molecule has 1 saturated carbocycles. The van der Waals surface area contributed by atoms with Crippen LogP contribution in [0.15, 0.2) is 29.2 Å². The van der Waals surface area contributed by atoms with E-state index in [1.807, 2.05) is 0 Å². The molecule has 3 aliphatic rings. The molecule has 0 spiro atoms. The molecule has 0 bridgehead atoms. The van der Waals surface area contributed by atoms with Gasteiger partial charge in [-0.2, -0.15) is 4.31 Å². The molecule has 0 atom stereocenters. The zero-order valence-electron chi connectivity index (χ0n) is 17.9. The minimum absolute atomic E-state index is 0.116. The number of hydrogen-bond acceptors (Lipinski definition) is 4. The maximum absolute atomic E-state index is 12.7. The molecule has 0 unspecified atom stereocenters. The van der Waals surface area contributed by atoms with Crippen molar-refractivity contribution in [3.63, 3.8) is 0 Å². The van der Waals surface area contributed by atoms with Crippen LogP contribution in [0.4, 0.5) is 0 Å². The van der Waals surface area contributed by atoms with E-state index in [9.17, 15) is 13.2 Å². The normalized spacial score (nSPS) is 22.9. The summed E-state index contributed by atoms with van der Waals surface area (Å²) in [4.78, 5) is 15.5. The molecule has 2 aliphatic heterocycles. The van der Waals surface area contributed by atoms with E-state index < -0.39 is 10.0 Å².